The second-order valence-electron chi connectivity index (χ2n) is 6.55. The van der Waals surface area contributed by atoms with Crippen molar-refractivity contribution in [1.82, 2.24) is 9.80 Å². The number of rotatable bonds is 4. The maximum atomic E-state index is 10.7. The maximum Gasteiger partial charge on any atom is 0.209 e. The van der Waals surface area contributed by atoms with E-state index in [4.69, 9.17) is 14.9 Å². The van der Waals surface area contributed by atoms with Gasteiger partial charge in [0.2, 0.25) is 6.41 Å². The number of ether oxygens (including phenoxy) is 1. The molecule has 0 atom stereocenters. The molecule has 1 amide bonds. The van der Waals surface area contributed by atoms with Crippen LogP contribution in [0.25, 0.3) is 0 Å². The molecule has 0 bridgehead atoms. The number of nitro groups is 1. The summed E-state index contributed by atoms with van der Waals surface area (Å²) in [5.41, 5.74) is 1.24. The molecule has 0 aromatic rings. The number of allylic oxidation sites excluding steroid dienone is 4. The summed E-state index contributed by atoms with van der Waals surface area (Å²) in [5.74, 6) is 0. The highest BCUT2D eigenvalue weighted by Gasteiger charge is 2.13. The van der Waals surface area contributed by atoms with Gasteiger partial charge in [0.15, 0.2) is 7.05 Å². The van der Waals surface area contributed by atoms with E-state index in [1.807, 2.05) is 38.7 Å². The van der Waals surface area contributed by atoms with Gasteiger partial charge in [0.25, 0.3) is 0 Å². The zero-order valence-corrected chi connectivity index (χ0v) is 17.1. The molecule has 1 aliphatic rings. The fourth-order valence-corrected chi connectivity index (χ4v) is 1.85. The molecule has 1 heterocycles. The average molecular weight is 370 g/mol. The van der Waals surface area contributed by atoms with Gasteiger partial charge in [-0.2, -0.15) is 0 Å². The number of carbonyl (C=O) groups is 1. The van der Waals surface area contributed by atoms with Crippen LogP contribution < -0.4 is 0 Å². The number of carbonyl (C=O) groups excluding carboxylic acids is 1. The average Bonchev–Trinajstić information content (AvgIpc) is 2.81. The van der Waals surface area contributed by atoms with Crippen LogP contribution in [0.4, 0.5) is 0 Å². The van der Waals surface area contributed by atoms with E-state index in [9.17, 15) is 4.79 Å². The van der Waals surface area contributed by atoms with Crippen molar-refractivity contribution in [3.05, 3.63) is 46.7 Å². The highest BCUT2D eigenvalue weighted by atomic mass is 16.6. The van der Waals surface area contributed by atoms with Crippen LogP contribution in [0.3, 0.4) is 0 Å². The second-order valence-corrected chi connectivity index (χ2v) is 6.55. The van der Waals surface area contributed by atoms with E-state index in [-0.39, 0.29) is 5.60 Å². The summed E-state index contributed by atoms with van der Waals surface area (Å²) in [6.07, 6.45) is 9.84. The van der Waals surface area contributed by atoms with E-state index in [1.54, 1.807) is 13.2 Å². The summed E-state index contributed by atoms with van der Waals surface area (Å²) < 4.78 is 4.94. The van der Waals surface area contributed by atoms with Gasteiger partial charge < -0.3 is 14.5 Å². The lowest BCUT2D eigenvalue weighted by Gasteiger charge is -2.23. The molecule has 1 fully saturated rings. The smallest absolute Gasteiger partial charge is 0.209 e. The predicted molar refractivity (Wildman–Crippen MR) is 107 cm³/mol. The maximum absolute atomic E-state index is 10.7. The first-order valence-corrected chi connectivity index (χ1v) is 8.64. The van der Waals surface area contributed by atoms with Crippen molar-refractivity contribution < 1.29 is 14.5 Å². The second kappa shape index (κ2) is 15.1. The topological polar surface area (TPSA) is 75.9 Å². The summed E-state index contributed by atoms with van der Waals surface area (Å²) >= 11 is 0. The standard InChI is InChI=1S/C13H20N2O.C5H12O.CH3NO2/c1-3-5-7-13(4-2)15-9-6-8-14(12-16)10-11-15;1-5(2,3)6-4;1-2(3)4/h3-5,7,12H,1,6,8-11H2,2H3;1-4H3;1H3/b7-5-,13-4+;;. The first-order chi connectivity index (χ1) is 12.1. The van der Waals surface area contributed by atoms with Crippen LogP contribution in [0.1, 0.15) is 34.1 Å². The SMILES string of the molecule is C=C/C=C\C(=C/C)N1CCCN(C=O)CC1.COC(C)(C)C.C[N+](=O)[O-]. The van der Waals surface area contributed by atoms with Crippen LogP contribution >= 0.6 is 0 Å². The molecular formula is C19H35N3O4. The van der Waals surface area contributed by atoms with Crippen molar-refractivity contribution in [3.8, 4) is 0 Å². The predicted octanol–water partition coefficient (Wildman–Crippen LogP) is 3.12. The molecule has 1 aliphatic heterocycles. The third kappa shape index (κ3) is 16.7. The van der Waals surface area contributed by atoms with Gasteiger partial charge in [-0.25, -0.2) is 0 Å². The van der Waals surface area contributed by atoms with Crippen LogP contribution in [0.15, 0.2) is 36.6 Å². The van der Waals surface area contributed by atoms with E-state index in [0.29, 0.717) is 0 Å². The monoisotopic (exact) mass is 369 g/mol. The summed E-state index contributed by atoms with van der Waals surface area (Å²) in [6, 6.07) is 0. The largest absolute Gasteiger partial charge is 0.379 e. The van der Waals surface area contributed by atoms with Gasteiger partial charge in [-0.15, -0.1) is 0 Å². The van der Waals surface area contributed by atoms with E-state index in [2.05, 4.69) is 23.6 Å². The van der Waals surface area contributed by atoms with Gasteiger partial charge in [0.1, 0.15) is 0 Å². The fourth-order valence-electron chi connectivity index (χ4n) is 1.85. The van der Waals surface area contributed by atoms with Crippen LogP contribution in [-0.2, 0) is 9.53 Å². The molecule has 26 heavy (non-hydrogen) atoms. The van der Waals surface area contributed by atoms with E-state index < -0.39 is 4.92 Å². The summed E-state index contributed by atoms with van der Waals surface area (Å²) in [4.78, 5) is 23.1. The van der Waals surface area contributed by atoms with E-state index >= 15 is 0 Å². The Balaban J connectivity index is 0. The molecule has 1 rings (SSSR count). The highest BCUT2D eigenvalue weighted by Crippen LogP contribution is 2.10. The summed E-state index contributed by atoms with van der Waals surface area (Å²) in [5, 5.41) is 8.81. The quantitative estimate of drug-likeness (QED) is 0.329. The Hall–Kier alpha value is -2.15. The molecule has 1 saturated heterocycles. The molecule has 0 saturated carbocycles. The summed E-state index contributed by atoms with van der Waals surface area (Å²) in [7, 11) is 2.60. The van der Waals surface area contributed by atoms with Crippen molar-refractivity contribution in [3.63, 3.8) is 0 Å². The molecule has 7 heteroatoms. The van der Waals surface area contributed by atoms with Crippen molar-refractivity contribution >= 4 is 6.41 Å². The van der Waals surface area contributed by atoms with Crippen molar-refractivity contribution in [2.24, 2.45) is 0 Å². The van der Waals surface area contributed by atoms with Gasteiger partial charge in [-0.05, 0) is 40.2 Å². The van der Waals surface area contributed by atoms with Crippen LogP contribution in [-0.4, -0.2) is 67.1 Å². The molecule has 0 N–H and O–H groups in total. The fraction of sp³-hybridized carbons (Fsp3) is 0.632. The number of hydrogen-bond acceptors (Lipinski definition) is 5. The number of nitrogens with zero attached hydrogens (tertiary/aromatic N) is 3. The van der Waals surface area contributed by atoms with Gasteiger partial charge in [0, 0.05) is 43.9 Å². The van der Waals surface area contributed by atoms with E-state index in [0.717, 1.165) is 46.1 Å². The molecule has 0 aromatic heterocycles. The Kier molecular flexibility index (Phi) is 15.2. The molecule has 0 aliphatic carbocycles. The van der Waals surface area contributed by atoms with E-state index in [1.165, 1.54) is 5.70 Å². The Bertz CT molecular complexity index is 464. The van der Waals surface area contributed by atoms with Gasteiger partial charge in [-0.3, -0.25) is 14.9 Å². The number of amides is 1. The lowest BCUT2D eigenvalue weighted by Crippen LogP contribution is -2.29. The lowest BCUT2D eigenvalue weighted by atomic mass is 10.2. The molecule has 0 unspecified atom stereocenters. The highest BCUT2D eigenvalue weighted by molar-refractivity contribution is 5.47. The zero-order valence-electron chi connectivity index (χ0n) is 17.1. The molecule has 7 nitrogen and oxygen atoms in total. The molecule has 0 radical (unpaired) electrons. The minimum absolute atomic E-state index is 0.0417. The molecule has 0 spiro atoms. The zero-order chi connectivity index (χ0) is 20.6. The Morgan fingerprint density at radius 1 is 1.23 bits per heavy atom. The third-order valence-electron chi connectivity index (χ3n) is 3.36. The van der Waals surface area contributed by atoms with Crippen molar-refractivity contribution in [2.75, 3.05) is 40.3 Å². The molecular weight excluding hydrogens is 334 g/mol. The molecule has 0 aromatic carbocycles. The van der Waals surface area contributed by atoms with Crippen molar-refractivity contribution in [1.29, 1.82) is 0 Å². The Morgan fingerprint density at radius 3 is 2.15 bits per heavy atom. The Morgan fingerprint density at radius 2 is 1.77 bits per heavy atom. The summed E-state index contributed by atoms with van der Waals surface area (Å²) in [6.45, 7) is 15.3. The van der Waals surface area contributed by atoms with Gasteiger partial charge in [0.05, 0.1) is 5.60 Å². The molecule has 150 valence electrons. The first-order valence-electron chi connectivity index (χ1n) is 8.64. The van der Waals surface area contributed by atoms with Crippen LogP contribution in [0.2, 0.25) is 0 Å². The van der Waals surface area contributed by atoms with Crippen molar-refractivity contribution in [2.45, 2.75) is 39.7 Å². The number of hydrogen-bond donors (Lipinski definition) is 0. The van der Waals surface area contributed by atoms with Gasteiger partial charge >= 0.3 is 0 Å². The minimum Gasteiger partial charge on any atom is -0.379 e. The first kappa shape index (κ1) is 26.1. The van der Waals surface area contributed by atoms with Crippen LogP contribution in [0.5, 0.6) is 0 Å². The lowest BCUT2D eigenvalue weighted by molar-refractivity contribution is -0.445. The van der Waals surface area contributed by atoms with Crippen LogP contribution in [0, 0.1) is 10.1 Å². The third-order valence-corrected chi connectivity index (χ3v) is 3.36. The minimum atomic E-state index is -0.500. The normalized spacial score (nSPS) is 15.2. The number of methoxy groups -OCH3 is 1. The van der Waals surface area contributed by atoms with Gasteiger partial charge in [-0.1, -0.05) is 24.8 Å². The Labute approximate surface area is 158 Å².